The maximum Gasteiger partial charge on any atom is 0.356 e. The zero-order valence-electron chi connectivity index (χ0n) is 18.2. The van der Waals surface area contributed by atoms with E-state index in [0.717, 1.165) is 22.6 Å². The van der Waals surface area contributed by atoms with Crippen LogP contribution >= 0.6 is 11.6 Å². The molecule has 172 valence electrons. The molecule has 0 aliphatic carbocycles. The van der Waals surface area contributed by atoms with Gasteiger partial charge in [-0.1, -0.05) is 60.1 Å². The maximum atomic E-state index is 11.6. The number of imidazole rings is 1. The van der Waals surface area contributed by atoms with Gasteiger partial charge in [0.1, 0.15) is 18.3 Å². The molecule has 0 bridgehead atoms. The minimum Gasteiger partial charge on any atom is -0.476 e. The third kappa shape index (κ3) is 4.76. The number of aromatic nitrogens is 2. The Balaban J connectivity index is 1.44. The lowest BCUT2D eigenvalue weighted by molar-refractivity contribution is 0.0617. The van der Waals surface area contributed by atoms with E-state index >= 15 is 0 Å². The second-order valence-corrected chi connectivity index (χ2v) is 8.39. The molecule has 0 amide bonds. The molecule has 0 spiro atoms. The molecule has 0 saturated heterocycles. The lowest BCUT2D eigenvalue weighted by Gasteiger charge is -2.24. The van der Waals surface area contributed by atoms with Crippen molar-refractivity contribution in [2.24, 2.45) is 0 Å². The van der Waals surface area contributed by atoms with E-state index in [2.05, 4.69) is 9.88 Å². The molecule has 5 rings (SSSR count). The Bertz CT molecular complexity index is 1320. The fraction of sp³-hybridized carbons (Fsp3) is 0.154. The topological polar surface area (TPSA) is 76.8 Å². The molecule has 0 fully saturated rings. The fourth-order valence-electron chi connectivity index (χ4n) is 3.91. The minimum absolute atomic E-state index is 0.0314. The van der Waals surface area contributed by atoms with Crippen LogP contribution in [0.2, 0.25) is 5.02 Å². The number of aromatic carboxylic acids is 1. The summed E-state index contributed by atoms with van der Waals surface area (Å²) in [7, 11) is 0. The molecule has 4 aromatic rings. The number of nitrogens with zero attached hydrogens (tertiary/aromatic N) is 3. The Labute approximate surface area is 201 Å². The second kappa shape index (κ2) is 9.59. The predicted molar refractivity (Wildman–Crippen MR) is 128 cm³/mol. The molecule has 8 heteroatoms. The molecule has 0 radical (unpaired) electrons. The van der Waals surface area contributed by atoms with Gasteiger partial charge < -0.3 is 24.0 Å². The first-order valence-corrected chi connectivity index (χ1v) is 11.2. The van der Waals surface area contributed by atoms with Gasteiger partial charge in [-0.2, -0.15) is 0 Å². The summed E-state index contributed by atoms with van der Waals surface area (Å²) >= 11 is 6.31. The van der Waals surface area contributed by atoms with Crippen LogP contribution < -0.4 is 9.64 Å². The van der Waals surface area contributed by atoms with E-state index in [1.807, 2.05) is 66.7 Å². The SMILES string of the molecule is O=C(O)c1cn(COCc2ccccc2)c(CN2Cc3ccccc3Oc3ccc(Cl)cc32)n1. The number of ether oxygens (including phenoxy) is 2. The molecule has 1 aromatic heterocycles. The van der Waals surface area contributed by atoms with E-state index in [0.29, 0.717) is 36.3 Å². The lowest BCUT2D eigenvalue weighted by Crippen LogP contribution is -2.24. The monoisotopic (exact) mass is 475 g/mol. The van der Waals surface area contributed by atoms with Crippen molar-refractivity contribution in [1.82, 2.24) is 9.55 Å². The molecule has 3 aromatic carbocycles. The molecule has 0 unspecified atom stereocenters. The maximum absolute atomic E-state index is 11.6. The summed E-state index contributed by atoms with van der Waals surface area (Å²) in [5.41, 5.74) is 2.82. The molecule has 0 saturated carbocycles. The van der Waals surface area contributed by atoms with Gasteiger partial charge in [0, 0.05) is 23.3 Å². The van der Waals surface area contributed by atoms with Gasteiger partial charge in [-0.05, 0) is 29.8 Å². The molecule has 1 aliphatic rings. The number of halogens is 1. The van der Waals surface area contributed by atoms with E-state index in [1.165, 1.54) is 6.20 Å². The van der Waals surface area contributed by atoms with Gasteiger partial charge in [-0.3, -0.25) is 0 Å². The molecule has 0 atom stereocenters. The van der Waals surface area contributed by atoms with Crippen LogP contribution in [-0.4, -0.2) is 20.6 Å². The van der Waals surface area contributed by atoms with Crippen molar-refractivity contribution >= 4 is 23.3 Å². The summed E-state index contributed by atoms with van der Waals surface area (Å²) in [6, 6.07) is 23.1. The Morgan fingerprint density at radius 1 is 1.06 bits per heavy atom. The van der Waals surface area contributed by atoms with E-state index in [4.69, 9.17) is 21.1 Å². The van der Waals surface area contributed by atoms with Crippen molar-refractivity contribution in [2.45, 2.75) is 26.4 Å². The summed E-state index contributed by atoms with van der Waals surface area (Å²) in [6.07, 6.45) is 1.50. The van der Waals surface area contributed by atoms with Crippen molar-refractivity contribution in [2.75, 3.05) is 4.90 Å². The smallest absolute Gasteiger partial charge is 0.356 e. The van der Waals surface area contributed by atoms with Crippen LogP contribution in [0, 0.1) is 0 Å². The average molecular weight is 476 g/mol. The minimum atomic E-state index is -1.09. The zero-order chi connectivity index (χ0) is 23.5. The first kappa shape index (κ1) is 22.0. The van der Waals surface area contributed by atoms with Crippen molar-refractivity contribution in [1.29, 1.82) is 0 Å². The standard InChI is InChI=1S/C26H22ClN3O4/c27-20-10-11-24-22(12-20)29(13-19-8-4-5-9-23(19)34-24)15-25-28-21(26(31)32)14-30(25)17-33-16-18-6-2-1-3-7-18/h1-12,14H,13,15-17H2,(H,31,32). The summed E-state index contributed by atoms with van der Waals surface area (Å²) in [5.74, 6) is 0.924. The molecule has 7 nitrogen and oxygen atoms in total. The predicted octanol–water partition coefficient (Wildman–Crippen LogP) is 5.72. The largest absolute Gasteiger partial charge is 0.476 e. The average Bonchev–Trinajstić information content (AvgIpc) is 3.17. The molecule has 34 heavy (non-hydrogen) atoms. The highest BCUT2D eigenvalue weighted by atomic mass is 35.5. The Morgan fingerprint density at radius 3 is 2.68 bits per heavy atom. The van der Waals surface area contributed by atoms with Gasteiger partial charge in [-0.15, -0.1) is 0 Å². The third-order valence-electron chi connectivity index (χ3n) is 5.57. The Morgan fingerprint density at radius 2 is 1.85 bits per heavy atom. The second-order valence-electron chi connectivity index (χ2n) is 7.96. The van der Waals surface area contributed by atoms with Gasteiger partial charge in [0.25, 0.3) is 0 Å². The number of hydrogen-bond acceptors (Lipinski definition) is 5. The van der Waals surface area contributed by atoms with Gasteiger partial charge in [0.2, 0.25) is 0 Å². The van der Waals surface area contributed by atoms with E-state index in [9.17, 15) is 9.90 Å². The van der Waals surface area contributed by atoms with Crippen LogP contribution in [0.5, 0.6) is 11.5 Å². The number of benzene rings is 3. The number of fused-ring (bicyclic) bond motifs is 2. The normalized spacial score (nSPS) is 12.4. The van der Waals surface area contributed by atoms with Gasteiger partial charge in [-0.25, -0.2) is 9.78 Å². The van der Waals surface area contributed by atoms with Crippen molar-refractivity contribution in [3.8, 4) is 11.5 Å². The fourth-order valence-corrected chi connectivity index (χ4v) is 4.08. The summed E-state index contributed by atoms with van der Waals surface area (Å²) in [4.78, 5) is 18.1. The Kier molecular flexibility index (Phi) is 6.20. The summed E-state index contributed by atoms with van der Waals surface area (Å²) in [6.45, 7) is 1.47. The van der Waals surface area contributed by atoms with Crippen molar-refractivity contribution in [3.63, 3.8) is 0 Å². The van der Waals surface area contributed by atoms with Gasteiger partial charge in [0.15, 0.2) is 11.4 Å². The molecule has 2 heterocycles. The van der Waals surface area contributed by atoms with E-state index < -0.39 is 5.97 Å². The first-order valence-electron chi connectivity index (χ1n) is 10.8. The van der Waals surface area contributed by atoms with Crippen LogP contribution in [-0.2, 0) is 31.2 Å². The number of carbonyl (C=O) groups is 1. The first-order chi connectivity index (χ1) is 16.6. The van der Waals surface area contributed by atoms with Crippen LogP contribution in [0.4, 0.5) is 5.69 Å². The van der Waals surface area contributed by atoms with Crippen molar-refractivity contribution < 1.29 is 19.4 Å². The molecule has 1 N–H and O–H groups in total. The Hall–Kier alpha value is -3.81. The van der Waals surface area contributed by atoms with Gasteiger partial charge in [0.05, 0.1) is 18.8 Å². The van der Waals surface area contributed by atoms with Gasteiger partial charge >= 0.3 is 5.97 Å². The van der Waals surface area contributed by atoms with Crippen LogP contribution in [0.25, 0.3) is 0 Å². The van der Waals surface area contributed by atoms with Crippen molar-refractivity contribution in [3.05, 3.63) is 107 Å². The highest BCUT2D eigenvalue weighted by Gasteiger charge is 2.24. The van der Waals surface area contributed by atoms with E-state index in [-0.39, 0.29) is 12.4 Å². The van der Waals surface area contributed by atoms with Crippen LogP contribution in [0.15, 0.2) is 79.0 Å². The van der Waals surface area contributed by atoms with E-state index in [1.54, 1.807) is 10.6 Å². The molecular weight excluding hydrogens is 454 g/mol. The number of anilines is 1. The summed E-state index contributed by atoms with van der Waals surface area (Å²) in [5, 5.41) is 10.1. The number of carboxylic acids is 1. The number of rotatable bonds is 7. The summed E-state index contributed by atoms with van der Waals surface area (Å²) < 4.78 is 13.8. The van der Waals surface area contributed by atoms with Crippen LogP contribution in [0.3, 0.4) is 0 Å². The molecular formula is C26H22ClN3O4. The highest BCUT2D eigenvalue weighted by Crippen LogP contribution is 2.40. The lowest BCUT2D eigenvalue weighted by atomic mass is 10.2. The van der Waals surface area contributed by atoms with Crippen LogP contribution in [0.1, 0.15) is 27.4 Å². The zero-order valence-corrected chi connectivity index (χ0v) is 19.0. The number of hydrogen-bond donors (Lipinski definition) is 1. The number of para-hydroxylation sites is 1. The number of carboxylic acid groups (broad SMARTS) is 1. The highest BCUT2D eigenvalue weighted by molar-refractivity contribution is 6.31. The quantitative estimate of drug-likeness (QED) is 0.368. The third-order valence-corrected chi connectivity index (χ3v) is 5.80. The molecule has 1 aliphatic heterocycles.